The topological polar surface area (TPSA) is 52.0 Å². The number of benzene rings is 2. The molecule has 2 aromatic carbocycles. The minimum Gasteiger partial charge on any atom is -0.292 e. The predicted octanol–water partition coefficient (Wildman–Crippen LogP) is 5.16. The van der Waals surface area contributed by atoms with Crippen molar-refractivity contribution in [1.29, 1.82) is 0 Å². The first kappa shape index (κ1) is 20.1. The monoisotopic (exact) mass is 424 g/mol. The second-order valence-electron chi connectivity index (χ2n) is 7.00. The van der Waals surface area contributed by atoms with Gasteiger partial charge in [-0.25, -0.2) is 13.8 Å². The van der Waals surface area contributed by atoms with Crippen molar-refractivity contribution >= 4 is 27.3 Å². The second-order valence-corrected chi connectivity index (χ2v) is 7.85. The molecular formula is C23H18F2N2O2S. The minimum atomic E-state index is -0.386. The summed E-state index contributed by atoms with van der Waals surface area (Å²) in [5.41, 5.74) is 1.76. The fourth-order valence-corrected chi connectivity index (χ4v) is 4.35. The average Bonchev–Trinajstić information content (AvgIpc) is 3.16. The highest BCUT2D eigenvalue weighted by atomic mass is 32.1. The van der Waals surface area contributed by atoms with Crippen molar-refractivity contribution in [1.82, 2.24) is 9.55 Å². The number of fused-ring (bicyclic) bond motifs is 1. The van der Waals surface area contributed by atoms with Crippen molar-refractivity contribution in [3.8, 4) is 11.1 Å². The molecule has 0 saturated heterocycles. The van der Waals surface area contributed by atoms with E-state index in [9.17, 15) is 18.4 Å². The van der Waals surface area contributed by atoms with E-state index in [1.165, 1.54) is 46.2 Å². The SMILES string of the molecule is CCc1nc2scc(-c3ccc(F)cc3)c2c(=O)n1CC(=O)c1ccc(F)c(C)c1. The van der Waals surface area contributed by atoms with Gasteiger partial charge in [-0.05, 0) is 48.4 Å². The van der Waals surface area contributed by atoms with Crippen molar-refractivity contribution < 1.29 is 13.6 Å². The molecule has 0 fully saturated rings. The van der Waals surface area contributed by atoms with Gasteiger partial charge in [-0.15, -0.1) is 11.3 Å². The summed E-state index contributed by atoms with van der Waals surface area (Å²) in [4.78, 5) is 31.4. The third-order valence-electron chi connectivity index (χ3n) is 5.03. The van der Waals surface area contributed by atoms with Crippen LogP contribution in [0.15, 0.2) is 52.6 Å². The summed E-state index contributed by atoms with van der Waals surface area (Å²) < 4.78 is 28.2. The lowest BCUT2D eigenvalue weighted by Crippen LogP contribution is -2.28. The van der Waals surface area contributed by atoms with Crippen molar-refractivity contribution in [2.24, 2.45) is 0 Å². The minimum absolute atomic E-state index is 0.186. The van der Waals surface area contributed by atoms with Crippen LogP contribution in [0, 0.1) is 18.6 Å². The molecule has 0 unspecified atom stereocenters. The first-order valence-electron chi connectivity index (χ1n) is 9.45. The summed E-state index contributed by atoms with van der Waals surface area (Å²) in [6.07, 6.45) is 0.477. The lowest BCUT2D eigenvalue weighted by molar-refractivity contribution is 0.0969. The normalized spacial score (nSPS) is 11.2. The smallest absolute Gasteiger partial charge is 0.263 e. The van der Waals surface area contributed by atoms with E-state index in [0.29, 0.717) is 44.7 Å². The van der Waals surface area contributed by atoms with Gasteiger partial charge in [0.05, 0.1) is 11.9 Å². The van der Waals surface area contributed by atoms with Crippen molar-refractivity contribution in [2.45, 2.75) is 26.8 Å². The second kappa shape index (κ2) is 7.91. The number of aromatic nitrogens is 2. The standard InChI is InChI=1S/C23H18F2N2O2S/c1-3-20-26-22-21(17(12-30-22)14-4-7-16(24)8-5-14)23(29)27(20)11-19(28)15-6-9-18(25)13(2)10-15/h4-10,12H,3,11H2,1-2H3. The maximum atomic E-state index is 13.5. The molecule has 4 nitrogen and oxygen atoms in total. The van der Waals surface area contributed by atoms with Crippen molar-refractivity contribution in [3.05, 3.63) is 86.8 Å². The largest absolute Gasteiger partial charge is 0.292 e. The molecule has 7 heteroatoms. The zero-order chi connectivity index (χ0) is 21.4. The van der Waals surface area contributed by atoms with E-state index in [1.54, 1.807) is 19.1 Å². The molecule has 4 rings (SSSR count). The quantitative estimate of drug-likeness (QED) is 0.416. The number of aryl methyl sites for hydroxylation is 2. The Morgan fingerprint density at radius 1 is 1.13 bits per heavy atom. The number of ketones is 1. The maximum absolute atomic E-state index is 13.5. The number of Topliss-reactive ketones (excluding diaryl/α,β-unsaturated/α-hetero) is 1. The summed E-state index contributed by atoms with van der Waals surface area (Å²) in [5.74, 6) is -0.535. The zero-order valence-electron chi connectivity index (χ0n) is 16.4. The number of nitrogens with zero attached hydrogens (tertiary/aromatic N) is 2. The Morgan fingerprint density at radius 3 is 2.53 bits per heavy atom. The van der Waals surface area contributed by atoms with E-state index in [4.69, 9.17) is 0 Å². The van der Waals surface area contributed by atoms with Crippen LogP contribution in [0.3, 0.4) is 0 Å². The van der Waals surface area contributed by atoms with Gasteiger partial charge in [-0.1, -0.05) is 19.1 Å². The Hall–Kier alpha value is -3.19. The molecule has 2 heterocycles. The Morgan fingerprint density at radius 2 is 1.87 bits per heavy atom. The van der Waals surface area contributed by atoms with E-state index in [0.717, 1.165) is 0 Å². The highest BCUT2D eigenvalue weighted by molar-refractivity contribution is 7.17. The summed E-state index contributed by atoms with van der Waals surface area (Å²) in [6.45, 7) is 3.27. The van der Waals surface area contributed by atoms with Crippen LogP contribution >= 0.6 is 11.3 Å². The van der Waals surface area contributed by atoms with E-state index < -0.39 is 0 Å². The van der Waals surface area contributed by atoms with E-state index >= 15 is 0 Å². The van der Waals surface area contributed by atoms with E-state index in [1.807, 2.05) is 12.3 Å². The first-order chi connectivity index (χ1) is 14.4. The van der Waals surface area contributed by atoms with Gasteiger partial charge in [-0.2, -0.15) is 0 Å². The van der Waals surface area contributed by atoms with Gasteiger partial charge in [0.1, 0.15) is 22.3 Å². The molecule has 0 amide bonds. The molecule has 4 aromatic rings. The summed E-state index contributed by atoms with van der Waals surface area (Å²) >= 11 is 1.34. The molecule has 0 saturated carbocycles. The van der Waals surface area contributed by atoms with Gasteiger partial charge in [0.15, 0.2) is 5.78 Å². The highest BCUT2D eigenvalue weighted by Crippen LogP contribution is 2.31. The molecule has 0 aliphatic heterocycles. The Bertz CT molecular complexity index is 1320. The van der Waals surface area contributed by atoms with Crippen LogP contribution in [0.4, 0.5) is 8.78 Å². The molecule has 152 valence electrons. The lowest BCUT2D eigenvalue weighted by atomic mass is 10.1. The number of hydrogen-bond donors (Lipinski definition) is 0. The first-order valence-corrected chi connectivity index (χ1v) is 10.3. The van der Waals surface area contributed by atoms with Crippen molar-refractivity contribution in [3.63, 3.8) is 0 Å². The molecule has 0 aliphatic rings. The maximum Gasteiger partial charge on any atom is 0.263 e. The number of hydrogen-bond acceptors (Lipinski definition) is 4. The molecule has 0 radical (unpaired) electrons. The van der Waals surface area contributed by atoms with Crippen LogP contribution in [0.2, 0.25) is 0 Å². The van der Waals surface area contributed by atoms with E-state index in [2.05, 4.69) is 4.98 Å². The Kier molecular flexibility index (Phi) is 5.30. The van der Waals surface area contributed by atoms with Crippen LogP contribution in [-0.4, -0.2) is 15.3 Å². The van der Waals surface area contributed by atoms with E-state index in [-0.39, 0.29) is 29.5 Å². The van der Waals surface area contributed by atoms with Crippen molar-refractivity contribution in [2.75, 3.05) is 0 Å². The van der Waals surface area contributed by atoms with Gasteiger partial charge in [0, 0.05) is 22.9 Å². The fourth-order valence-electron chi connectivity index (χ4n) is 3.39. The molecule has 2 aromatic heterocycles. The third kappa shape index (κ3) is 3.57. The van der Waals surface area contributed by atoms with Crippen LogP contribution in [0.5, 0.6) is 0 Å². The van der Waals surface area contributed by atoms with Gasteiger partial charge in [0.2, 0.25) is 0 Å². The molecule has 30 heavy (non-hydrogen) atoms. The lowest BCUT2D eigenvalue weighted by Gasteiger charge is -2.12. The number of halogens is 2. The van der Waals surface area contributed by atoms with Crippen LogP contribution < -0.4 is 5.56 Å². The predicted molar refractivity (Wildman–Crippen MR) is 114 cm³/mol. The molecular weight excluding hydrogens is 406 g/mol. The van der Waals surface area contributed by atoms with Crippen LogP contribution in [0.25, 0.3) is 21.3 Å². The van der Waals surface area contributed by atoms with Gasteiger partial charge in [-0.3, -0.25) is 14.2 Å². The third-order valence-corrected chi connectivity index (χ3v) is 5.90. The number of carbonyl (C=O) groups excluding carboxylic acids is 1. The Labute approximate surface area is 175 Å². The summed E-state index contributed by atoms with van der Waals surface area (Å²) in [5, 5.41) is 2.23. The van der Waals surface area contributed by atoms with Crippen LogP contribution in [0.1, 0.15) is 28.7 Å². The fraction of sp³-hybridized carbons (Fsp3) is 0.174. The molecule has 0 bridgehead atoms. The number of rotatable bonds is 5. The summed E-state index contributed by atoms with van der Waals surface area (Å²) in [7, 11) is 0. The summed E-state index contributed by atoms with van der Waals surface area (Å²) in [6, 6.07) is 10.1. The molecule has 0 N–H and O–H groups in total. The molecule has 0 atom stereocenters. The molecule has 0 aliphatic carbocycles. The average molecular weight is 424 g/mol. The highest BCUT2D eigenvalue weighted by Gasteiger charge is 2.19. The number of carbonyl (C=O) groups is 1. The van der Waals surface area contributed by atoms with Gasteiger partial charge < -0.3 is 0 Å². The zero-order valence-corrected chi connectivity index (χ0v) is 17.2. The number of thiophene rings is 1. The van der Waals surface area contributed by atoms with Gasteiger partial charge in [0.25, 0.3) is 5.56 Å². The van der Waals surface area contributed by atoms with Crippen LogP contribution in [-0.2, 0) is 13.0 Å². The van der Waals surface area contributed by atoms with Gasteiger partial charge >= 0.3 is 0 Å². The Balaban J connectivity index is 1.82. The molecule has 0 spiro atoms.